The second-order valence-electron chi connectivity index (χ2n) is 6.61. The Kier molecular flexibility index (Phi) is 7.33. The summed E-state index contributed by atoms with van der Waals surface area (Å²) in [5.74, 6) is -0.681. The minimum absolute atomic E-state index is 0.0688. The van der Waals surface area contributed by atoms with Gasteiger partial charge in [0.05, 0.1) is 0 Å². The molecule has 0 saturated carbocycles. The Morgan fingerprint density at radius 3 is 2.07 bits per heavy atom. The number of hydrogen-bond acceptors (Lipinski definition) is 2. The first kappa shape index (κ1) is 21.2. The molecule has 0 heterocycles. The fourth-order valence-electron chi connectivity index (χ4n) is 2.70. The molecule has 4 heteroatoms. The van der Waals surface area contributed by atoms with Gasteiger partial charge in [-0.3, -0.25) is 4.79 Å². The highest BCUT2D eigenvalue weighted by molar-refractivity contribution is 5.87. The van der Waals surface area contributed by atoms with Crippen molar-refractivity contribution in [2.45, 2.75) is 20.0 Å². The van der Waals surface area contributed by atoms with Crippen LogP contribution in [0.5, 0.6) is 0 Å². The number of carbonyl (C=O) groups is 1. The number of hydrogen-bond donors (Lipinski definition) is 2. The molecule has 3 nitrogen and oxygen atoms in total. The molecule has 0 radical (unpaired) electrons. The molecule has 2 N–H and O–H groups in total. The standard InChI is InChI=1S/C18H16.C6H11FN2O/c1-13-7-8-17(11-14(13)2)18-10-9-15-5-3-4-6-16(15)12-18;1-4(8-2)5(7)6(10)9-3/h3-12H,1-2H3;5,8H,1H2,2-3H3,(H,9,10). The number of fused-ring (bicyclic) bond motifs is 1. The number of rotatable bonds is 4. The van der Waals surface area contributed by atoms with Crippen LogP contribution in [0.2, 0.25) is 0 Å². The van der Waals surface area contributed by atoms with Crippen molar-refractivity contribution in [3.63, 3.8) is 0 Å². The lowest BCUT2D eigenvalue weighted by molar-refractivity contribution is -0.124. The second kappa shape index (κ2) is 9.70. The largest absolute Gasteiger partial charge is 0.389 e. The van der Waals surface area contributed by atoms with E-state index in [1.807, 2.05) is 0 Å². The van der Waals surface area contributed by atoms with E-state index in [1.165, 1.54) is 47.1 Å². The van der Waals surface area contributed by atoms with Crippen LogP contribution in [0.4, 0.5) is 4.39 Å². The maximum Gasteiger partial charge on any atom is 0.260 e. The molecule has 0 aliphatic rings. The van der Waals surface area contributed by atoms with Gasteiger partial charge in [-0.2, -0.15) is 0 Å². The van der Waals surface area contributed by atoms with Gasteiger partial charge in [-0.1, -0.05) is 61.2 Å². The highest BCUT2D eigenvalue weighted by Crippen LogP contribution is 2.25. The molecule has 0 saturated heterocycles. The van der Waals surface area contributed by atoms with E-state index in [4.69, 9.17) is 0 Å². The van der Waals surface area contributed by atoms with E-state index >= 15 is 0 Å². The minimum Gasteiger partial charge on any atom is -0.389 e. The van der Waals surface area contributed by atoms with Crippen LogP contribution in [-0.4, -0.2) is 26.2 Å². The Morgan fingerprint density at radius 1 is 0.857 bits per heavy atom. The van der Waals surface area contributed by atoms with Crippen LogP contribution in [0.15, 0.2) is 72.9 Å². The highest BCUT2D eigenvalue weighted by atomic mass is 19.1. The summed E-state index contributed by atoms with van der Waals surface area (Å²) in [6, 6.07) is 21.8. The van der Waals surface area contributed by atoms with Gasteiger partial charge in [-0.05, 0) is 52.9 Å². The van der Waals surface area contributed by atoms with Crippen molar-refractivity contribution in [1.29, 1.82) is 0 Å². The summed E-state index contributed by atoms with van der Waals surface area (Å²) in [6.45, 7) is 7.61. The van der Waals surface area contributed by atoms with E-state index in [-0.39, 0.29) is 5.70 Å². The fraction of sp³-hybridized carbons (Fsp3) is 0.208. The van der Waals surface area contributed by atoms with Crippen LogP contribution in [0.25, 0.3) is 21.9 Å². The van der Waals surface area contributed by atoms with Gasteiger partial charge in [-0.15, -0.1) is 0 Å². The number of nitrogens with one attached hydrogen (secondary N) is 2. The summed E-state index contributed by atoms with van der Waals surface area (Å²) >= 11 is 0. The molecule has 0 aliphatic carbocycles. The quantitative estimate of drug-likeness (QED) is 0.676. The maximum atomic E-state index is 12.6. The second-order valence-corrected chi connectivity index (χ2v) is 6.61. The van der Waals surface area contributed by atoms with Gasteiger partial charge >= 0.3 is 0 Å². The summed E-state index contributed by atoms with van der Waals surface area (Å²) in [5.41, 5.74) is 5.35. The van der Waals surface area contributed by atoms with E-state index in [2.05, 4.69) is 91.7 Å². The van der Waals surface area contributed by atoms with E-state index in [9.17, 15) is 9.18 Å². The molecule has 1 atom stereocenters. The molecule has 0 bridgehead atoms. The molecular formula is C24H27FN2O. The number of amides is 1. The first-order chi connectivity index (χ1) is 13.4. The van der Waals surface area contributed by atoms with Crippen LogP contribution in [0, 0.1) is 13.8 Å². The zero-order chi connectivity index (χ0) is 20.7. The van der Waals surface area contributed by atoms with Crippen molar-refractivity contribution in [2.75, 3.05) is 14.1 Å². The molecule has 3 aromatic rings. The molecule has 1 unspecified atom stereocenters. The molecule has 1 amide bonds. The summed E-state index contributed by atoms with van der Waals surface area (Å²) in [5, 5.41) is 7.21. The van der Waals surface area contributed by atoms with Crippen molar-refractivity contribution in [3.8, 4) is 11.1 Å². The Labute approximate surface area is 166 Å². The number of carbonyl (C=O) groups excluding carboxylic acids is 1. The van der Waals surface area contributed by atoms with Crippen molar-refractivity contribution >= 4 is 16.7 Å². The Balaban J connectivity index is 0.000000242. The maximum absolute atomic E-state index is 12.6. The molecule has 146 valence electrons. The van der Waals surface area contributed by atoms with Crippen molar-refractivity contribution in [2.24, 2.45) is 0 Å². The van der Waals surface area contributed by atoms with Crippen molar-refractivity contribution in [3.05, 3.63) is 84.1 Å². The topological polar surface area (TPSA) is 41.1 Å². The summed E-state index contributed by atoms with van der Waals surface area (Å²) < 4.78 is 12.6. The van der Waals surface area contributed by atoms with Gasteiger partial charge in [0, 0.05) is 19.8 Å². The van der Waals surface area contributed by atoms with Gasteiger partial charge in [0.1, 0.15) is 0 Å². The molecule has 0 aliphatic heterocycles. The molecule has 28 heavy (non-hydrogen) atoms. The predicted octanol–water partition coefficient (Wildman–Crippen LogP) is 4.93. The Morgan fingerprint density at radius 2 is 1.46 bits per heavy atom. The van der Waals surface area contributed by atoms with Crippen LogP contribution in [0.1, 0.15) is 11.1 Å². The summed E-state index contributed by atoms with van der Waals surface area (Å²) in [4.78, 5) is 10.5. The Hall–Kier alpha value is -3.14. The number of alkyl halides is 1. The molecular weight excluding hydrogens is 351 g/mol. The highest BCUT2D eigenvalue weighted by Gasteiger charge is 2.17. The van der Waals surface area contributed by atoms with Crippen LogP contribution >= 0.6 is 0 Å². The number of halogens is 1. The van der Waals surface area contributed by atoms with Gasteiger partial charge < -0.3 is 10.6 Å². The van der Waals surface area contributed by atoms with E-state index in [0.717, 1.165) is 0 Å². The van der Waals surface area contributed by atoms with Crippen LogP contribution < -0.4 is 10.6 Å². The third kappa shape index (κ3) is 5.19. The van der Waals surface area contributed by atoms with Crippen LogP contribution in [-0.2, 0) is 4.79 Å². The van der Waals surface area contributed by atoms with Crippen molar-refractivity contribution < 1.29 is 9.18 Å². The van der Waals surface area contributed by atoms with Gasteiger partial charge in [0.25, 0.3) is 5.91 Å². The monoisotopic (exact) mass is 378 g/mol. The van der Waals surface area contributed by atoms with Gasteiger partial charge in [-0.25, -0.2) is 4.39 Å². The molecule has 3 rings (SSSR count). The summed E-state index contributed by atoms with van der Waals surface area (Å²) in [6.07, 6.45) is -1.66. The first-order valence-corrected chi connectivity index (χ1v) is 9.16. The normalized spacial score (nSPS) is 11.2. The fourth-order valence-corrected chi connectivity index (χ4v) is 2.70. The first-order valence-electron chi connectivity index (χ1n) is 9.16. The van der Waals surface area contributed by atoms with E-state index < -0.39 is 12.1 Å². The number of benzene rings is 3. The molecule has 3 aromatic carbocycles. The van der Waals surface area contributed by atoms with E-state index in [1.54, 1.807) is 0 Å². The lowest BCUT2D eigenvalue weighted by Gasteiger charge is -2.08. The van der Waals surface area contributed by atoms with Gasteiger partial charge in [0.15, 0.2) is 0 Å². The zero-order valence-corrected chi connectivity index (χ0v) is 16.8. The van der Waals surface area contributed by atoms with Crippen molar-refractivity contribution in [1.82, 2.24) is 10.6 Å². The van der Waals surface area contributed by atoms with E-state index in [0.29, 0.717) is 0 Å². The van der Waals surface area contributed by atoms with Crippen LogP contribution in [0.3, 0.4) is 0 Å². The SMILES string of the molecule is C=C(NC)C(F)C(=O)NC.Cc1ccc(-c2ccc3ccccc3c2)cc1C. The zero-order valence-electron chi connectivity index (χ0n) is 16.8. The molecule has 0 fully saturated rings. The number of aryl methyl sites for hydroxylation is 2. The third-order valence-electron chi connectivity index (χ3n) is 4.69. The smallest absolute Gasteiger partial charge is 0.260 e. The van der Waals surface area contributed by atoms with Gasteiger partial charge in [0.2, 0.25) is 6.17 Å². The average molecular weight is 378 g/mol. The minimum atomic E-state index is -1.66. The third-order valence-corrected chi connectivity index (χ3v) is 4.69. The molecule has 0 aromatic heterocycles. The average Bonchev–Trinajstić information content (AvgIpc) is 2.74. The lowest BCUT2D eigenvalue weighted by Crippen LogP contribution is -2.33. The molecule has 0 spiro atoms. The lowest BCUT2D eigenvalue weighted by atomic mass is 9.98. The summed E-state index contributed by atoms with van der Waals surface area (Å²) in [7, 11) is 2.88. The predicted molar refractivity (Wildman–Crippen MR) is 116 cm³/mol. The Bertz CT molecular complexity index is 965.